The van der Waals surface area contributed by atoms with E-state index in [4.69, 9.17) is 5.73 Å². The van der Waals surface area contributed by atoms with Crippen molar-refractivity contribution in [2.45, 2.75) is 64.3 Å². The fraction of sp³-hybridized carbons (Fsp3) is 1.00. The molecule has 0 bridgehead atoms. The van der Waals surface area contributed by atoms with Gasteiger partial charge in [-0.15, -0.1) is 0 Å². The molecule has 0 atom stereocenters. The van der Waals surface area contributed by atoms with Crippen LogP contribution in [-0.2, 0) is 0 Å². The highest BCUT2D eigenvalue weighted by Gasteiger charge is 2.17. The molecule has 0 aliphatic heterocycles. The van der Waals surface area contributed by atoms with Crippen molar-refractivity contribution in [2.24, 2.45) is 11.7 Å². The molecule has 0 spiro atoms. The van der Waals surface area contributed by atoms with Gasteiger partial charge in [-0.2, -0.15) is 0 Å². The molecule has 0 heterocycles. The van der Waals surface area contributed by atoms with E-state index in [0.29, 0.717) is 0 Å². The first-order chi connectivity index (χ1) is 5.58. The average molecular weight is 169 g/mol. The lowest BCUT2D eigenvalue weighted by Gasteiger charge is -2.25. The third-order valence-electron chi connectivity index (χ3n) is 2.92. The van der Waals surface area contributed by atoms with Crippen molar-refractivity contribution in [3.8, 4) is 0 Å². The Kier molecular flexibility index (Phi) is 3.57. The molecule has 2 N–H and O–H groups in total. The molecule has 1 aliphatic rings. The van der Waals surface area contributed by atoms with Gasteiger partial charge in [0.25, 0.3) is 0 Å². The summed E-state index contributed by atoms with van der Waals surface area (Å²) in [5, 5.41) is 0. The van der Waals surface area contributed by atoms with Crippen LogP contribution in [0, 0.1) is 5.92 Å². The minimum atomic E-state index is 0.0530. The molecule has 0 unspecified atom stereocenters. The quantitative estimate of drug-likeness (QED) is 0.690. The van der Waals surface area contributed by atoms with Gasteiger partial charge in [-0.25, -0.2) is 0 Å². The highest BCUT2D eigenvalue weighted by Crippen LogP contribution is 2.28. The first-order valence-corrected chi connectivity index (χ1v) is 5.37. The summed E-state index contributed by atoms with van der Waals surface area (Å²) in [4.78, 5) is 0. The van der Waals surface area contributed by atoms with Gasteiger partial charge in [-0.1, -0.05) is 32.1 Å². The molecule has 1 rings (SSSR count). The number of hydrogen-bond acceptors (Lipinski definition) is 1. The van der Waals surface area contributed by atoms with Crippen molar-refractivity contribution in [2.75, 3.05) is 0 Å². The zero-order valence-corrected chi connectivity index (χ0v) is 8.60. The van der Waals surface area contributed by atoms with Crippen LogP contribution in [0.15, 0.2) is 0 Å². The molecule has 72 valence electrons. The number of rotatable bonds is 3. The van der Waals surface area contributed by atoms with E-state index in [1.54, 1.807) is 0 Å². The summed E-state index contributed by atoms with van der Waals surface area (Å²) in [7, 11) is 0. The van der Waals surface area contributed by atoms with Crippen molar-refractivity contribution < 1.29 is 0 Å². The Morgan fingerprint density at radius 2 is 1.75 bits per heavy atom. The molecule has 1 saturated carbocycles. The molecule has 0 amide bonds. The first-order valence-electron chi connectivity index (χ1n) is 5.37. The lowest BCUT2D eigenvalue weighted by molar-refractivity contribution is 0.304. The molecule has 0 aromatic heterocycles. The minimum Gasteiger partial charge on any atom is -0.326 e. The van der Waals surface area contributed by atoms with Crippen molar-refractivity contribution in [3.05, 3.63) is 0 Å². The van der Waals surface area contributed by atoms with E-state index in [9.17, 15) is 0 Å². The Bertz CT molecular complexity index is 117. The Balaban J connectivity index is 2.13. The predicted molar refractivity (Wildman–Crippen MR) is 54.1 cm³/mol. The van der Waals surface area contributed by atoms with Crippen molar-refractivity contribution in [3.63, 3.8) is 0 Å². The van der Waals surface area contributed by atoms with Crippen LogP contribution in [0.1, 0.15) is 58.8 Å². The Hall–Kier alpha value is -0.0400. The van der Waals surface area contributed by atoms with Gasteiger partial charge < -0.3 is 5.73 Å². The fourth-order valence-corrected chi connectivity index (χ4v) is 2.05. The molecule has 1 nitrogen and oxygen atoms in total. The predicted octanol–water partition coefficient (Wildman–Crippen LogP) is 3.08. The summed E-state index contributed by atoms with van der Waals surface area (Å²) >= 11 is 0. The summed E-state index contributed by atoms with van der Waals surface area (Å²) in [5.41, 5.74) is 6.01. The molecule has 12 heavy (non-hydrogen) atoms. The van der Waals surface area contributed by atoms with E-state index in [1.165, 1.54) is 44.9 Å². The molecule has 1 aliphatic carbocycles. The summed E-state index contributed by atoms with van der Waals surface area (Å²) in [6, 6.07) is 0. The molecule has 0 aromatic carbocycles. The maximum Gasteiger partial charge on any atom is 0.00971 e. The van der Waals surface area contributed by atoms with Crippen LogP contribution in [0.3, 0.4) is 0 Å². The SMILES string of the molecule is CC(C)(N)CCC1CCCCC1. The van der Waals surface area contributed by atoms with Crippen LogP contribution < -0.4 is 5.73 Å². The van der Waals surface area contributed by atoms with Crippen LogP contribution in [0.25, 0.3) is 0 Å². The monoisotopic (exact) mass is 169 g/mol. The number of hydrogen-bond donors (Lipinski definition) is 1. The maximum absolute atomic E-state index is 5.95. The van der Waals surface area contributed by atoms with Gasteiger partial charge in [0.1, 0.15) is 0 Å². The minimum absolute atomic E-state index is 0.0530. The molecule has 1 heteroatoms. The summed E-state index contributed by atoms with van der Waals surface area (Å²) in [5.74, 6) is 0.988. The highest BCUT2D eigenvalue weighted by molar-refractivity contribution is 4.75. The van der Waals surface area contributed by atoms with E-state index in [-0.39, 0.29) is 5.54 Å². The zero-order valence-electron chi connectivity index (χ0n) is 8.60. The van der Waals surface area contributed by atoms with E-state index in [0.717, 1.165) is 5.92 Å². The second kappa shape index (κ2) is 4.27. The van der Waals surface area contributed by atoms with Crippen LogP contribution in [0.4, 0.5) is 0 Å². The Morgan fingerprint density at radius 3 is 2.25 bits per heavy atom. The van der Waals surface area contributed by atoms with Gasteiger partial charge in [0, 0.05) is 5.54 Å². The standard InChI is InChI=1S/C11H23N/c1-11(2,12)9-8-10-6-4-3-5-7-10/h10H,3-9,12H2,1-2H3. The summed E-state index contributed by atoms with van der Waals surface area (Å²) in [6.45, 7) is 4.27. The van der Waals surface area contributed by atoms with Gasteiger partial charge in [0.05, 0.1) is 0 Å². The topological polar surface area (TPSA) is 26.0 Å². The first kappa shape index (κ1) is 10.0. The normalized spacial score (nSPS) is 21.2. The molecular formula is C11H23N. The lowest BCUT2D eigenvalue weighted by Crippen LogP contribution is -2.32. The van der Waals surface area contributed by atoms with Crippen molar-refractivity contribution >= 4 is 0 Å². The Labute approximate surface area is 76.7 Å². The van der Waals surface area contributed by atoms with Gasteiger partial charge in [0.2, 0.25) is 0 Å². The van der Waals surface area contributed by atoms with Crippen LogP contribution in [0.5, 0.6) is 0 Å². The zero-order chi connectivity index (χ0) is 9.03. The van der Waals surface area contributed by atoms with E-state index in [1.807, 2.05) is 0 Å². The molecule has 0 aromatic rings. The largest absolute Gasteiger partial charge is 0.326 e. The highest BCUT2D eigenvalue weighted by atomic mass is 14.7. The van der Waals surface area contributed by atoms with Crippen LogP contribution in [-0.4, -0.2) is 5.54 Å². The average Bonchev–Trinajstić information content (AvgIpc) is 2.02. The van der Waals surface area contributed by atoms with Gasteiger partial charge in [-0.3, -0.25) is 0 Å². The molecule has 1 fully saturated rings. The second-order valence-electron chi connectivity index (χ2n) is 5.03. The molecule has 0 saturated heterocycles. The van der Waals surface area contributed by atoms with Gasteiger partial charge in [-0.05, 0) is 32.6 Å². The second-order valence-corrected chi connectivity index (χ2v) is 5.03. The van der Waals surface area contributed by atoms with E-state index in [2.05, 4.69) is 13.8 Å². The number of nitrogens with two attached hydrogens (primary N) is 1. The maximum atomic E-state index is 5.95. The third-order valence-corrected chi connectivity index (χ3v) is 2.92. The van der Waals surface area contributed by atoms with E-state index < -0.39 is 0 Å². The Morgan fingerprint density at radius 1 is 1.17 bits per heavy atom. The summed E-state index contributed by atoms with van der Waals surface area (Å²) < 4.78 is 0. The molecule has 0 radical (unpaired) electrons. The smallest absolute Gasteiger partial charge is 0.00971 e. The lowest BCUT2D eigenvalue weighted by atomic mass is 9.83. The van der Waals surface area contributed by atoms with Crippen LogP contribution >= 0.6 is 0 Å². The van der Waals surface area contributed by atoms with Crippen molar-refractivity contribution in [1.29, 1.82) is 0 Å². The summed E-state index contributed by atoms with van der Waals surface area (Å²) in [6.07, 6.45) is 9.82. The third kappa shape index (κ3) is 4.10. The van der Waals surface area contributed by atoms with E-state index >= 15 is 0 Å². The van der Waals surface area contributed by atoms with Crippen molar-refractivity contribution in [1.82, 2.24) is 0 Å². The van der Waals surface area contributed by atoms with Crippen LogP contribution in [0.2, 0.25) is 0 Å². The van der Waals surface area contributed by atoms with Gasteiger partial charge in [0.15, 0.2) is 0 Å². The fourth-order valence-electron chi connectivity index (χ4n) is 2.05. The van der Waals surface area contributed by atoms with Gasteiger partial charge >= 0.3 is 0 Å². The molecular weight excluding hydrogens is 146 g/mol.